The summed E-state index contributed by atoms with van der Waals surface area (Å²) in [5, 5.41) is 3.50. The Hall–Kier alpha value is -0.580. The Kier molecular flexibility index (Phi) is 3.51. The number of hydrogen-bond acceptors (Lipinski definition) is 3. The number of nitrogens with zero attached hydrogens (tertiary/aromatic N) is 1. The smallest absolute Gasteiger partial charge is 0.126 e. The minimum atomic E-state index is 0.0347. The van der Waals surface area contributed by atoms with E-state index in [1.54, 1.807) is 0 Å². The Morgan fingerprint density at radius 3 is 3.10 bits per heavy atom. The molecule has 0 radical (unpaired) electrons. The maximum Gasteiger partial charge on any atom is 0.126 e. The molecule has 0 saturated carbocycles. The first-order valence-corrected chi connectivity index (χ1v) is 8.88. The summed E-state index contributed by atoms with van der Waals surface area (Å²) in [6.45, 7) is 2.49. The Balaban J connectivity index is 1.66. The summed E-state index contributed by atoms with van der Waals surface area (Å²) >= 11 is 3.58. The van der Waals surface area contributed by atoms with Crippen molar-refractivity contribution in [3.05, 3.63) is 28.2 Å². The van der Waals surface area contributed by atoms with Gasteiger partial charge in [0.15, 0.2) is 0 Å². The maximum absolute atomic E-state index is 6.58. The van der Waals surface area contributed by atoms with Crippen LogP contribution in [0.3, 0.4) is 0 Å². The third-order valence-corrected chi connectivity index (χ3v) is 6.06. The molecule has 3 aliphatic heterocycles. The predicted octanol–water partition coefficient (Wildman–Crippen LogP) is 3.49. The van der Waals surface area contributed by atoms with Gasteiger partial charge in [-0.25, -0.2) is 0 Å². The van der Waals surface area contributed by atoms with Gasteiger partial charge in [0.05, 0.1) is 0 Å². The van der Waals surface area contributed by atoms with E-state index < -0.39 is 0 Å². The van der Waals surface area contributed by atoms with E-state index in [2.05, 4.69) is 51.4 Å². The molecule has 1 spiro atoms. The predicted molar refractivity (Wildman–Crippen MR) is 87.7 cm³/mol. The van der Waals surface area contributed by atoms with E-state index in [4.69, 9.17) is 4.74 Å². The Labute approximate surface area is 135 Å². The zero-order valence-electron chi connectivity index (χ0n) is 12.6. The van der Waals surface area contributed by atoms with Crippen LogP contribution in [0.2, 0.25) is 0 Å². The van der Waals surface area contributed by atoms with Gasteiger partial charge in [-0.1, -0.05) is 22.0 Å². The number of rotatable bonds is 1. The summed E-state index contributed by atoms with van der Waals surface area (Å²) in [6, 6.07) is 7.60. The highest BCUT2D eigenvalue weighted by molar-refractivity contribution is 9.10. The third kappa shape index (κ3) is 2.41. The molecule has 0 aliphatic carbocycles. The van der Waals surface area contributed by atoms with Crippen molar-refractivity contribution < 1.29 is 4.74 Å². The van der Waals surface area contributed by atoms with Gasteiger partial charge in [-0.05, 0) is 45.0 Å². The SMILES string of the molecule is CNC1CC2(CCN3CCCC3C2)Oc2cc(Br)ccc21. The number of ether oxygens (including phenoxy) is 1. The number of halogens is 1. The van der Waals surface area contributed by atoms with Crippen LogP contribution in [0, 0.1) is 0 Å². The van der Waals surface area contributed by atoms with Gasteiger partial charge in [0.2, 0.25) is 0 Å². The standard InChI is InChI=1S/C17H23BrN2O/c1-19-15-11-17(6-8-20-7-2-3-13(20)10-17)21-16-9-12(18)4-5-14(15)16/h4-5,9,13,15,19H,2-3,6-8,10-11H2,1H3. The Morgan fingerprint density at radius 2 is 2.24 bits per heavy atom. The second-order valence-electron chi connectivity index (χ2n) is 6.80. The van der Waals surface area contributed by atoms with E-state index >= 15 is 0 Å². The average molecular weight is 351 g/mol. The topological polar surface area (TPSA) is 24.5 Å². The fourth-order valence-electron chi connectivity index (χ4n) is 4.48. The highest BCUT2D eigenvalue weighted by atomic mass is 79.9. The molecular formula is C17H23BrN2O. The Morgan fingerprint density at radius 1 is 1.33 bits per heavy atom. The molecule has 3 nitrogen and oxygen atoms in total. The minimum absolute atomic E-state index is 0.0347. The van der Waals surface area contributed by atoms with Gasteiger partial charge in [-0.2, -0.15) is 0 Å². The molecule has 1 aromatic carbocycles. The normalized spacial score (nSPS) is 35.3. The zero-order valence-corrected chi connectivity index (χ0v) is 14.2. The van der Waals surface area contributed by atoms with Crippen molar-refractivity contribution in [2.75, 3.05) is 20.1 Å². The zero-order chi connectivity index (χ0) is 14.4. The molecule has 4 rings (SSSR count). The monoisotopic (exact) mass is 350 g/mol. The van der Waals surface area contributed by atoms with Crippen molar-refractivity contribution in [2.24, 2.45) is 0 Å². The van der Waals surface area contributed by atoms with Crippen LogP contribution in [-0.2, 0) is 0 Å². The molecule has 0 bridgehead atoms. The van der Waals surface area contributed by atoms with Crippen LogP contribution in [0.1, 0.15) is 43.7 Å². The second kappa shape index (κ2) is 5.25. The number of piperidine rings is 1. The summed E-state index contributed by atoms with van der Waals surface area (Å²) in [6.07, 6.45) is 6.16. The van der Waals surface area contributed by atoms with E-state index in [1.165, 1.54) is 37.9 Å². The van der Waals surface area contributed by atoms with Crippen LogP contribution in [0.15, 0.2) is 22.7 Å². The van der Waals surface area contributed by atoms with Crippen molar-refractivity contribution in [3.8, 4) is 5.75 Å². The summed E-state index contributed by atoms with van der Waals surface area (Å²) in [7, 11) is 2.07. The fraction of sp³-hybridized carbons (Fsp3) is 0.647. The molecule has 21 heavy (non-hydrogen) atoms. The number of fused-ring (bicyclic) bond motifs is 2. The lowest BCUT2D eigenvalue weighted by Gasteiger charge is -2.48. The van der Waals surface area contributed by atoms with E-state index in [0.29, 0.717) is 6.04 Å². The molecule has 2 saturated heterocycles. The first-order valence-electron chi connectivity index (χ1n) is 8.09. The second-order valence-corrected chi connectivity index (χ2v) is 7.71. The lowest BCUT2D eigenvalue weighted by atomic mass is 9.78. The first kappa shape index (κ1) is 14.0. The number of nitrogens with one attached hydrogen (secondary N) is 1. The van der Waals surface area contributed by atoms with Gasteiger partial charge in [-0.3, -0.25) is 0 Å². The van der Waals surface area contributed by atoms with Gasteiger partial charge in [-0.15, -0.1) is 0 Å². The van der Waals surface area contributed by atoms with Crippen LogP contribution < -0.4 is 10.1 Å². The molecule has 3 heterocycles. The fourth-order valence-corrected chi connectivity index (χ4v) is 4.82. The minimum Gasteiger partial charge on any atom is -0.487 e. The highest BCUT2D eigenvalue weighted by Crippen LogP contribution is 2.47. The van der Waals surface area contributed by atoms with Crippen molar-refractivity contribution in [2.45, 2.75) is 49.8 Å². The molecule has 3 unspecified atom stereocenters. The van der Waals surface area contributed by atoms with E-state index in [9.17, 15) is 0 Å². The summed E-state index contributed by atoms with van der Waals surface area (Å²) < 4.78 is 7.69. The van der Waals surface area contributed by atoms with Crippen LogP contribution in [0.5, 0.6) is 5.75 Å². The summed E-state index contributed by atoms with van der Waals surface area (Å²) in [4.78, 5) is 2.67. The van der Waals surface area contributed by atoms with Crippen LogP contribution in [-0.4, -0.2) is 36.7 Å². The highest BCUT2D eigenvalue weighted by Gasteiger charge is 2.47. The number of benzene rings is 1. The molecule has 0 amide bonds. The molecular weight excluding hydrogens is 328 g/mol. The van der Waals surface area contributed by atoms with Gasteiger partial charge in [0.1, 0.15) is 11.4 Å². The van der Waals surface area contributed by atoms with Crippen molar-refractivity contribution in [3.63, 3.8) is 0 Å². The molecule has 1 N–H and O–H groups in total. The van der Waals surface area contributed by atoms with Crippen molar-refractivity contribution >= 4 is 15.9 Å². The molecule has 4 heteroatoms. The van der Waals surface area contributed by atoms with Crippen LogP contribution in [0.25, 0.3) is 0 Å². The lowest BCUT2D eigenvalue weighted by molar-refractivity contribution is -0.0385. The van der Waals surface area contributed by atoms with E-state index in [1.807, 2.05) is 0 Å². The molecule has 1 aromatic rings. The molecule has 0 aromatic heterocycles. The van der Waals surface area contributed by atoms with Gasteiger partial charge < -0.3 is 15.0 Å². The Bertz CT molecular complexity index is 550. The lowest BCUT2D eigenvalue weighted by Crippen LogP contribution is -2.53. The first-order chi connectivity index (χ1) is 10.2. The molecule has 3 atom stereocenters. The van der Waals surface area contributed by atoms with Gasteiger partial charge in [0, 0.05) is 41.5 Å². The molecule has 3 aliphatic rings. The number of hydrogen-bond donors (Lipinski definition) is 1. The van der Waals surface area contributed by atoms with Crippen LogP contribution >= 0.6 is 15.9 Å². The van der Waals surface area contributed by atoms with Crippen molar-refractivity contribution in [1.29, 1.82) is 0 Å². The summed E-state index contributed by atoms with van der Waals surface area (Å²) in [5.41, 5.74) is 1.34. The van der Waals surface area contributed by atoms with Gasteiger partial charge >= 0.3 is 0 Å². The molecule has 2 fully saturated rings. The average Bonchev–Trinajstić information content (AvgIpc) is 2.93. The van der Waals surface area contributed by atoms with Crippen LogP contribution in [0.4, 0.5) is 0 Å². The van der Waals surface area contributed by atoms with E-state index in [0.717, 1.165) is 29.1 Å². The maximum atomic E-state index is 6.58. The quantitative estimate of drug-likeness (QED) is 0.838. The van der Waals surface area contributed by atoms with E-state index in [-0.39, 0.29) is 5.60 Å². The largest absolute Gasteiger partial charge is 0.487 e. The van der Waals surface area contributed by atoms with Gasteiger partial charge in [0.25, 0.3) is 0 Å². The molecule has 114 valence electrons. The van der Waals surface area contributed by atoms with Crippen molar-refractivity contribution in [1.82, 2.24) is 10.2 Å². The third-order valence-electron chi connectivity index (χ3n) is 5.56. The summed E-state index contributed by atoms with van der Waals surface area (Å²) in [5.74, 6) is 1.07.